The molecule has 0 unspecified atom stereocenters. The second-order valence-corrected chi connectivity index (χ2v) is 5.65. The summed E-state index contributed by atoms with van der Waals surface area (Å²) in [6.45, 7) is 4.83. The lowest BCUT2D eigenvalue weighted by molar-refractivity contribution is 0.0236. The zero-order valence-electron chi connectivity index (χ0n) is 11.4. The summed E-state index contributed by atoms with van der Waals surface area (Å²) in [5.41, 5.74) is 0.622. The molecule has 1 aromatic rings. The van der Waals surface area contributed by atoms with E-state index in [9.17, 15) is 5.11 Å². The van der Waals surface area contributed by atoms with Gasteiger partial charge in [-0.3, -0.25) is 0 Å². The third-order valence-corrected chi connectivity index (χ3v) is 2.96. The van der Waals surface area contributed by atoms with Crippen LogP contribution in [0.4, 0.5) is 0 Å². The van der Waals surface area contributed by atoms with Gasteiger partial charge in [-0.15, -0.1) is 0 Å². The van der Waals surface area contributed by atoms with Crippen LogP contribution in [0.2, 0.25) is 5.02 Å². The molecule has 0 aliphatic carbocycles. The molecule has 19 heavy (non-hydrogen) atoms. The highest BCUT2D eigenvalue weighted by Crippen LogP contribution is 2.10. The molecule has 5 heteroatoms. The molecule has 0 spiro atoms. The van der Waals surface area contributed by atoms with E-state index in [0.717, 1.165) is 5.56 Å². The zero-order chi connectivity index (χ0) is 14.3. The lowest BCUT2D eigenvalue weighted by Gasteiger charge is -2.25. The Balaban J connectivity index is 2.20. The Bertz CT molecular complexity index is 367. The summed E-state index contributed by atoms with van der Waals surface area (Å²) < 4.78 is 5.42. The first-order valence-corrected chi connectivity index (χ1v) is 6.67. The van der Waals surface area contributed by atoms with Gasteiger partial charge in [0.2, 0.25) is 0 Å². The average molecular weight is 288 g/mol. The fraction of sp³-hybridized carbons (Fsp3) is 0.571. The molecule has 0 fully saturated rings. The molecule has 3 N–H and O–H groups in total. The van der Waals surface area contributed by atoms with E-state index in [0.29, 0.717) is 18.2 Å². The molecular weight excluding hydrogens is 266 g/mol. The van der Waals surface area contributed by atoms with E-state index in [1.807, 2.05) is 38.1 Å². The van der Waals surface area contributed by atoms with E-state index in [2.05, 4.69) is 5.32 Å². The van der Waals surface area contributed by atoms with Gasteiger partial charge in [-0.2, -0.15) is 0 Å². The van der Waals surface area contributed by atoms with E-state index in [1.165, 1.54) is 0 Å². The Hall–Kier alpha value is -0.650. The number of aliphatic hydroxyl groups is 2. The van der Waals surface area contributed by atoms with Crippen LogP contribution in [0.5, 0.6) is 0 Å². The fourth-order valence-corrected chi connectivity index (χ4v) is 1.53. The highest BCUT2D eigenvalue weighted by atomic mass is 35.5. The largest absolute Gasteiger partial charge is 0.394 e. The van der Waals surface area contributed by atoms with Gasteiger partial charge in [0.15, 0.2) is 0 Å². The number of β-amino-alcohol motifs (C(OH)–C–C–N with tert-alkyl or cyclic N) is 1. The van der Waals surface area contributed by atoms with Gasteiger partial charge < -0.3 is 20.3 Å². The Kier molecular flexibility index (Phi) is 6.75. The van der Waals surface area contributed by atoms with Gasteiger partial charge in [0.1, 0.15) is 0 Å². The van der Waals surface area contributed by atoms with Crippen molar-refractivity contribution in [3.63, 3.8) is 0 Å². The maximum absolute atomic E-state index is 9.74. The molecule has 1 aromatic carbocycles. The summed E-state index contributed by atoms with van der Waals surface area (Å²) in [4.78, 5) is 0. The van der Waals surface area contributed by atoms with Crippen LogP contribution in [0, 0.1) is 0 Å². The van der Waals surface area contributed by atoms with Crippen molar-refractivity contribution in [3.05, 3.63) is 34.9 Å². The van der Waals surface area contributed by atoms with Crippen LogP contribution in [0.25, 0.3) is 0 Å². The number of halogens is 1. The quantitative estimate of drug-likeness (QED) is 0.679. The highest BCUT2D eigenvalue weighted by molar-refractivity contribution is 6.30. The molecule has 0 aliphatic rings. The van der Waals surface area contributed by atoms with Gasteiger partial charge in [-0.25, -0.2) is 0 Å². The summed E-state index contributed by atoms with van der Waals surface area (Å²) >= 11 is 5.78. The monoisotopic (exact) mass is 287 g/mol. The van der Waals surface area contributed by atoms with E-state index in [-0.39, 0.29) is 13.2 Å². The third-order valence-electron chi connectivity index (χ3n) is 2.70. The van der Waals surface area contributed by atoms with Crippen LogP contribution < -0.4 is 5.32 Å². The molecule has 1 atom stereocenters. The predicted octanol–water partition coefficient (Wildman–Crippen LogP) is 1.58. The molecule has 0 saturated heterocycles. The second-order valence-electron chi connectivity index (χ2n) is 5.22. The first-order chi connectivity index (χ1) is 8.93. The molecule has 0 heterocycles. The molecule has 4 nitrogen and oxygen atoms in total. The maximum Gasteiger partial charge on any atom is 0.0898 e. The van der Waals surface area contributed by atoms with E-state index >= 15 is 0 Å². The number of rotatable bonds is 8. The Labute approximate surface area is 119 Å². The molecule has 0 aliphatic heterocycles. The predicted molar refractivity (Wildman–Crippen MR) is 76.3 cm³/mol. The molecule has 108 valence electrons. The molecule has 0 bridgehead atoms. The highest BCUT2D eigenvalue weighted by Gasteiger charge is 2.16. The number of nitrogens with one attached hydrogen (secondary N) is 1. The van der Waals surface area contributed by atoms with E-state index in [1.54, 1.807) is 0 Å². The van der Waals surface area contributed by atoms with Crippen molar-refractivity contribution in [2.45, 2.75) is 32.1 Å². The Morgan fingerprint density at radius 1 is 1.32 bits per heavy atom. The van der Waals surface area contributed by atoms with Crippen molar-refractivity contribution in [2.75, 3.05) is 19.8 Å². The minimum Gasteiger partial charge on any atom is -0.394 e. The minimum absolute atomic E-state index is 0.0192. The van der Waals surface area contributed by atoms with Crippen molar-refractivity contribution in [1.29, 1.82) is 0 Å². The van der Waals surface area contributed by atoms with Crippen molar-refractivity contribution < 1.29 is 14.9 Å². The SMILES string of the molecule is CC(C)(CO)NC[C@@H](O)COCc1ccc(Cl)cc1. The van der Waals surface area contributed by atoms with E-state index < -0.39 is 11.6 Å². The summed E-state index contributed by atoms with van der Waals surface area (Å²) in [5.74, 6) is 0. The van der Waals surface area contributed by atoms with Gasteiger partial charge in [-0.1, -0.05) is 23.7 Å². The van der Waals surface area contributed by atoms with Gasteiger partial charge >= 0.3 is 0 Å². The summed E-state index contributed by atoms with van der Waals surface area (Å²) in [5, 5.41) is 22.6. The van der Waals surface area contributed by atoms with Gasteiger partial charge in [0, 0.05) is 17.1 Å². The smallest absolute Gasteiger partial charge is 0.0898 e. The van der Waals surface area contributed by atoms with Crippen LogP contribution in [-0.4, -0.2) is 41.6 Å². The van der Waals surface area contributed by atoms with Crippen molar-refractivity contribution >= 4 is 11.6 Å². The number of ether oxygens (including phenoxy) is 1. The average Bonchev–Trinajstić information content (AvgIpc) is 2.39. The standard InChI is InChI=1S/C14H22ClNO3/c1-14(2,10-17)16-7-13(18)9-19-8-11-3-5-12(15)6-4-11/h3-6,13,16-18H,7-10H2,1-2H3/t13-/m1/s1. The van der Waals surface area contributed by atoms with Crippen molar-refractivity contribution in [1.82, 2.24) is 5.32 Å². The summed E-state index contributed by atoms with van der Waals surface area (Å²) in [6, 6.07) is 7.40. The molecule has 0 saturated carbocycles. The first-order valence-electron chi connectivity index (χ1n) is 6.29. The van der Waals surface area contributed by atoms with E-state index in [4.69, 9.17) is 21.4 Å². The molecule has 1 rings (SSSR count). The van der Waals surface area contributed by atoms with Crippen molar-refractivity contribution in [2.24, 2.45) is 0 Å². The number of hydrogen-bond acceptors (Lipinski definition) is 4. The van der Waals surface area contributed by atoms with Crippen LogP contribution in [0.15, 0.2) is 24.3 Å². The maximum atomic E-state index is 9.74. The number of aliphatic hydroxyl groups excluding tert-OH is 2. The van der Waals surface area contributed by atoms with Crippen molar-refractivity contribution in [3.8, 4) is 0 Å². The number of benzene rings is 1. The third kappa shape index (κ3) is 6.89. The number of hydrogen-bond donors (Lipinski definition) is 3. The summed E-state index contributed by atoms with van der Waals surface area (Å²) in [6.07, 6.45) is -0.599. The lowest BCUT2D eigenvalue weighted by Crippen LogP contribution is -2.46. The molecule has 0 aromatic heterocycles. The van der Waals surface area contributed by atoms with Crippen LogP contribution >= 0.6 is 11.6 Å². The van der Waals surface area contributed by atoms with Crippen LogP contribution in [0.1, 0.15) is 19.4 Å². The fourth-order valence-electron chi connectivity index (χ4n) is 1.40. The van der Waals surface area contributed by atoms with Crippen LogP contribution in [0.3, 0.4) is 0 Å². The topological polar surface area (TPSA) is 61.7 Å². The van der Waals surface area contributed by atoms with Gasteiger partial charge in [-0.05, 0) is 31.5 Å². The molecule has 0 amide bonds. The Morgan fingerprint density at radius 3 is 2.53 bits per heavy atom. The minimum atomic E-state index is -0.599. The lowest BCUT2D eigenvalue weighted by atomic mass is 10.1. The second kappa shape index (κ2) is 7.82. The molecule has 0 radical (unpaired) electrons. The normalized spacial score (nSPS) is 13.5. The first kappa shape index (κ1) is 16.4. The van der Waals surface area contributed by atoms with Gasteiger partial charge in [0.25, 0.3) is 0 Å². The summed E-state index contributed by atoms with van der Waals surface area (Å²) in [7, 11) is 0. The van der Waals surface area contributed by atoms with Gasteiger partial charge in [0.05, 0.1) is 25.9 Å². The zero-order valence-corrected chi connectivity index (χ0v) is 12.2. The van der Waals surface area contributed by atoms with Crippen LogP contribution in [-0.2, 0) is 11.3 Å². The molecular formula is C14H22ClNO3. The Morgan fingerprint density at radius 2 is 1.95 bits per heavy atom.